The van der Waals surface area contributed by atoms with Crippen LogP contribution in [0.3, 0.4) is 0 Å². The van der Waals surface area contributed by atoms with E-state index in [2.05, 4.69) is 91.3 Å². The van der Waals surface area contributed by atoms with Crippen LogP contribution in [-0.4, -0.2) is 41.3 Å². The summed E-state index contributed by atoms with van der Waals surface area (Å²) in [5.41, 5.74) is 6.87. The molecule has 0 bridgehead atoms. The Bertz CT molecular complexity index is 1570. The zero-order valence-corrected chi connectivity index (χ0v) is 28.7. The van der Waals surface area contributed by atoms with E-state index in [0.29, 0.717) is 11.8 Å². The molecule has 0 saturated heterocycles. The summed E-state index contributed by atoms with van der Waals surface area (Å²) in [5, 5.41) is 7.83. The van der Waals surface area contributed by atoms with Crippen molar-refractivity contribution in [2.45, 2.75) is 103 Å². The lowest BCUT2D eigenvalue weighted by atomic mass is 9.78. The molecule has 1 heterocycles. The number of aryl methyl sites for hydroxylation is 1. The largest absolute Gasteiger partial charge is 0.496 e. The van der Waals surface area contributed by atoms with E-state index in [9.17, 15) is 9.59 Å². The van der Waals surface area contributed by atoms with Crippen LogP contribution in [0.1, 0.15) is 101 Å². The third-order valence-corrected chi connectivity index (χ3v) is 10.9. The Kier molecular flexibility index (Phi) is 10.2. The minimum Gasteiger partial charge on any atom is -0.496 e. The van der Waals surface area contributed by atoms with Crippen molar-refractivity contribution in [3.05, 3.63) is 78.1 Å². The maximum Gasteiger partial charge on any atom is 0.230 e. The average molecular weight is 637 g/mol. The van der Waals surface area contributed by atoms with Gasteiger partial charge in [-0.2, -0.15) is 5.10 Å². The number of methoxy groups -OCH3 is 1. The van der Waals surface area contributed by atoms with Crippen molar-refractivity contribution >= 4 is 17.5 Å². The summed E-state index contributed by atoms with van der Waals surface area (Å²) in [4.78, 5) is 29.2. The van der Waals surface area contributed by atoms with Crippen molar-refractivity contribution in [1.82, 2.24) is 15.1 Å². The lowest BCUT2D eigenvalue weighted by Gasteiger charge is -2.37. The molecule has 0 radical (unpaired) electrons. The molecule has 0 atom stereocenters. The topological polar surface area (TPSA) is 76.5 Å². The van der Waals surface area contributed by atoms with Gasteiger partial charge in [0.1, 0.15) is 5.75 Å². The van der Waals surface area contributed by atoms with Gasteiger partial charge in [0.15, 0.2) is 0 Å². The maximum atomic E-state index is 14.4. The molecular formula is C40H52N4O3. The van der Waals surface area contributed by atoms with Crippen LogP contribution < -0.4 is 15.0 Å². The minimum absolute atomic E-state index is 0.0300. The molecule has 250 valence electrons. The summed E-state index contributed by atoms with van der Waals surface area (Å²) in [6, 6.07) is 15.5. The van der Waals surface area contributed by atoms with Gasteiger partial charge in [0, 0.05) is 47.9 Å². The first kappa shape index (κ1) is 33.0. The number of aromatic nitrogens is 2. The van der Waals surface area contributed by atoms with Crippen LogP contribution in [0.25, 0.3) is 11.1 Å². The summed E-state index contributed by atoms with van der Waals surface area (Å²) >= 11 is 0. The fraction of sp³-hybridized carbons (Fsp3) is 0.525. The molecule has 7 heteroatoms. The van der Waals surface area contributed by atoms with E-state index in [0.717, 1.165) is 93.3 Å². The fourth-order valence-corrected chi connectivity index (χ4v) is 7.88. The van der Waals surface area contributed by atoms with Crippen LogP contribution in [0.2, 0.25) is 0 Å². The maximum absolute atomic E-state index is 14.4. The zero-order chi connectivity index (χ0) is 33.1. The first-order valence-electron chi connectivity index (χ1n) is 17.8. The van der Waals surface area contributed by atoms with Crippen molar-refractivity contribution in [1.29, 1.82) is 0 Å². The SMILES string of the molecule is C=C1CC(C(=O)NC2CCC(C(=O)N(CC3CCC(c4ccc(OC)c(C)c4)CC3)c3cccc(-c4cnn(C(C)C)c4)c3)CC2)C1. The van der Waals surface area contributed by atoms with Crippen LogP contribution >= 0.6 is 0 Å². The molecule has 0 aliphatic heterocycles. The zero-order valence-electron chi connectivity index (χ0n) is 28.7. The number of nitrogens with zero attached hydrogens (tertiary/aromatic N) is 3. The van der Waals surface area contributed by atoms with Crippen LogP contribution in [0, 0.1) is 24.7 Å². The third kappa shape index (κ3) is 7.66. The number of carbonyl (C=O) groups excluding carboxylic acids is 2. The molecule has 0 unspecified atom stereocenters. The van der Waals surface area contributed by atoms with Gasteiger partial charge in [0.2, 0.25) is 11.8 Å². The summed E-state index contributed by atoms with van der Waals surface area (Å²) < 4.78 is 7.47. The monoisotopic (exact) mass is 636 g/mol. The minimum atomic E-state index is -0.0300. The van der Waals surface area contributed by atoms with E-state index < -0.39 is 0 Å². The smallest absolute Gasteiger partial charge is 0.230 e. The van der Waals surface area contributed by atoms with Crippen molar-refractivity contribution in [3.63, 3.8) is 0 Å². The van der Waals surface area contributed by atoms with E-state index in [1.807, 2.05) is 10.9 Å². The second-order valence-corrected chi connectivity index (χ2v) is 14.7. The Morgan fingerprint density at radius 2 is 1.72 bits per heavy atom. The molecule has 47 heavy (non-hydrogen) atoms. The molecule has 2 aromatic carbocycles. The van der Waals surface area contributed by atoms with E-state index in [1.165, 1.54) is 16.7 Å². The second kappa shape index (κ2) is 14.5. The Labute approximate surface area is 280 Å². The number of nitrogens with one attached hydrogen (secondary N) is 1. The van der Waals surface area contributed by atoms with Crippen LogP contribution in [-0.2, 0) is 9.59 Å². The number of ether oxygens (including phenoxy) is 1. The van der Waals surface area contributed by atoms with Crippen molar-refractivity contribution in [2.75, 3.05) is 18.6 Å². The van der Waals surface area contributed by atoms with Gasteiger partial charge in [-0.1, -0.05) is 36.4 Å². The standard InChI is InChI=1S/C40H52N4O3/c1-26(2)44-25-35(23-41-44)32-7-6-8-37(22-32)43(24-29-9-11-30(12-10-29)33-15-18-38(47-5)28(4)21-33)40(46)31-13-16-36(17-14-31)42-39(45)34-19-27(3)20-34/h6-8,15,18,21-23,25-26,29-31,34,36H,3,9-14,16-17,19-20,24H2,1-2,4-5H3,(H,42,45). The Hall–Kier alpha value is -3.87. The third-order valence-electron chi connectivity index (χ3n) is 10.9. The number of carbonyl (C=O) groups is 2. The van der Waals surface area contributed by atoms with Crippen molar-refractivity contribution in [2.24, 2.45) is 17.8 Å². The highest BCUT2D eigenvalue weighted by Crippen LogP contribution is 2.39. The van der Waals surface area contributed by atoms with Gasteiger partial charge in [-0.3, -0.25) is 14.3 Å². The predicted octanol–water partition coefficient (Wildman–Crippen LogP) is 8.40. The number of benzene rings is 2. The molecule has 6 rings (SSSR count). The number of amides is 2. The van der Waals surface area contributed by atoms with E-state index >= 15 is 0 Å². The summed E-state index contributed by atoms with van der Waals surface area (Å²) in [5.74, 6) is 2.38. The molecule has 2 amide bonds. The summed E-state index contributed by atoms with van der Waals surface area (Å²) in [6.07, 6.45) is 13.4. The number of allylic oxidation sites excluding steroid dienone is 1. The van der Waals surface area contributed by atoms with Gasteiger partial charge in [-0.15, -0.1) is 0 Å². The molecule has 1 N–H and O–H groups in total. The summed E-state index contributed by atoms with van der Waals surface area (Å²) in [7, 11) is 1.73. The molecule has 3 aliphatic rings. The Morgan fingerprint density at radius 3 is 2.36 bits per heavy atom. The van der Waals surface area contributed by atoms with Gasteiger partial charge < -0.3 is 15.0 Å². The van der Waals surface area contributed by atoms with Crippen molar-refractivity contribution in [3.8, 4) is 16.9 Å². The Balaban J connectivity index is 1.15. The van der Waals surface area contributed by atoms with Crippen molar-refractivity contribution < 1.29 is 14.3 Å². The number of hydrogen-bond acceptors (Lipinski definition) is 4. The van der Waals surface area contributed by atoms with Gasteiger partial charge in [-0.05, 0) is 132 Å². The second-order valence-electron chi connectivity index (χ2n) is 14.7. The predicted molar refractivity (Wildman–Crippen MR) is 189 cm³/mol. The van der Waals surface area contributed by atoms with Gasteiger partial charge in [0.05, 0.1) is 13.3 Å². The first-order chi connectivity index (χ1) is 22.7. The number of rotatable bonds is 10. The highest BCUT2D eigenvalue weighted by molar-refractivity contribution is 5.95. The quantitative estimate of drug-likeness (QED) is 0.227. The van der Waals surface area contributed by atoms with Gasteiger partial charge in [-0.25, -0.2) is 0 Å². The van der Waals surface area contributed by atoms with Crippen LogP contribution in [0.4, 0.5) is 5.69 Å². The lowest BCUT2D eigenvalue weighted by Crippen LogP contribution is -2.46. The lowest BCUT2D eigenvalue weighted by molar-refractivity contribution is -0.127. The molecular weight excluding hydrogens is 584 g/mol. The first-order valence-corrected chi connectivity index (χ1v) is 17.8. The highest BCUT2D eigenvalue weighted by Gasteiger charge is 2.35. The van der Waals surface area contributed by atoms with Gasteiger partial charge >= 0.3 is 0 Å². The number of anilines is 1. The molecule has 3 aliphatic carbocycles. The van der Waals surface area contributed by atoms with E-state index in [4.69, 9.17) is 4.74 Å². The molecule has 1 aromatic heterocycles. The average Bonchev–Trinajstić information content (AvgIpc) is 3.57. The van der Waals surface area contributed by atoms with Crippen LogP contribution in [0.5, 0.6) is 5.75 Å². The Morgan fingerprint density at radius 1 is 0.979 bits per heavy atom. The molecule has 0 spiro atoms. The highest BCUT2D eigenvalue weighted by atomic mass is 16.5. The molecule has 3 fully saturated rings. The van der Waals surface area contributed by atoms with Crippen LogP contribution in [0.15, 0.2) is 67.0 Å². The molecule has 7 nitrogen and oxygen atoms in total. The summed E-state index contributed by atoms with van der Waals surface area (Å²) in [6.45, 7) is 11.1. The number of hydrogen-bond donors (Lipinski definition) is 1. The van der Waals surface area contributed by atoms with E-state index in [-0.39, 0.29) is 35.7 Å². The molecule has 3 saturated carbocycles. The fourth-order valence-electron chi connectivity index (χ4n) is 7.88. The normalized spacial score (nSPS) is 23.3. The van der Waals surface area contributed by atoms with Gasteiger partial charge in [0.25, 0.3) is 0 Å². The van der Waals surface area contributed by atoms with E-state index in [1.54, 1.807) is 7.11 Å². The molecule has 3 aromatic rings.